The van der Waals surface area contributed by atoms with Gasteiger partial charge in [-0.1, -0.05) is 12.1 Å². The summed E-state index contributed by atoms with van der Waals surface area (Å²) in [6.45, 7) is 5.55. The van der Waals surface area contributed by atoms with E-state index in [1.165, 1.54) is 6.07 Å². The minimum atomic E-state index is -0.164. The number of rotatable bonds is 5. The minimum Gasteiger partial charge on any atom is -0.367 e. The second-order valence-electron chi connectivity index (χ2n) is 3.88. The van der Waals surface area contributed by atoms with Crippen LogP contribution >= 0.6 is 0 Å². The molecule has 1 aromatic carbocycles. The molecule has 1 rings (SSSR count). The highest BCUT2D eigenvalue weighted by Gasteiger charge is 2.13. The standard InChI is InChI=1S/C12H19FN2/c1-10(2)15(9-5-8-14)12-7-4-3-6-11(12)13/h3-4,6-7,10H,5,8-9,14H2,1-2H3. The highest BCUT2D eigenvalue weighted by Crippen LogP contribution is 2.20. The average molecular weight is 210 g/mol. The lowest BCUT2D eigenvalue weighted by molar-refractivity contribution is 0.593. The maximum absolute atomic E-state index is 13.6. The fourth-order valence-electron chi connectivity index (χ4n) is 1.60. The zero-order chi connectivity index (χ0) is 11.3. The third-order valence-electron chi connectivity index (χ3n) is 2.39. The fraction of sp³-hybridized carbons (Fsp3) is 0.500. The highest BCUT2D eigenvalue weighted by atomic mass is 19.1. The Morgan fingerprint density at radius 1 is 1.33 bits per heavy atom. The average Bonchev–Trinajstić information content (AvgIpc) is 2.20. The molecule has 0 fully saturated rings. The molecule has 0 saturated heterocycles. The lowest BCUT2D eigenvalue weighted by atomic mass is 10.2. The first-order valence-corrected chi connectivity index (χ1v) is 5.38. The number of halogens is 1. The SMILES string of the molecule is CC(C)N(CCCN)c1ccccc1F. The molecule has 15 heavy (non-hydrogen) atoms. The summed E-state index contributed by atoms with van der Waals surface area (Å²) >= 11 is 0. The molecule has 1 aromatic rings. The monoisotopic (exact) mass is 210 g/mol. The largest absolute Gasteiger partial charge is 0.367 e. The van der Waals surface area contributed by atoms with Crippen LogP contribution in [-0.2, 0) is 0 Å². The Hall–Kier alpha value is -1.09. The van der Waals surface area contributed by atoms with Crippen molar-refractivity contribution in [3.8, 4) is 0 Å². The zero-order valence-corrected chi connectivity index (χ0v) is 9.41. The molecule has 0 spiro atoms. The van der Waals surface area contributed by atoms with Gasteiger partial charge in [0.2, 0.25) is 0 Å². The van der Waals surface area contributed by atoms with Gasteiger partial charge >= 0.3 is 0 Å². The van der Waals surface area contributed by atoms with Crippen molar-refractivity contribution in [3.63, 3.8) is 0 Å². The Morgan fingerprint density at radius 3 is 2.53 bits per heavy atom. The summed E-state index contributed by atoms with van der Waals surface area (Å²) in [5.74, 6) is -0.164. The normalized spacial score (nSPS) is 10.7. The molecule has 0 aliphatic carbocycles. The molecule has 0 atom stereocenters. The summed E-state index contributed by atoms with van der Waals surface area (Å²) in [5.41, 5.74) is 6.14. The van der Waals surface area contributed by atoms with Gasteiger partial charge in [-0.15, -0.1) is 0 Å². The molecule has 0 unspecified atom stereocenters. The van der Waals surface area contributed by atoms with E-state index >= 15 is 0 Å². The molecule has 2 N–H and O–H groups in total. The van der Waals surface area contributed by atoms with Crippen LogP contribution in [0.3, 0.4) is 0 Å². The predicted octanol–water partition coefficient (Wildman–Crippen LogP) is 2.39. The first-order valence-electron chi connectivity index (χ1n) is 5.38. The van der Waals surface area contributed by atoms with E-state index in [0.29, 0.717) is 12.2 Å². The minimum absolute atomic E-state index is 0.164. The molecular weight excluding hydrogens is 191 g/mol. The maximum atomic E-state index is 13.6. The molecule has 0 bridgehead atoms. The molecule has 0 radical (unpaired) electrons. The Morgan fingerprint density at radius 2 is 2.00 bits per heavy atom. The van der Waals surface area contributed by atoms with Gasteiger partial charge in [0.05, 0.1) is 5.69 Å². The Bertz CT molecular complexity index is 299. The van der Waals surface area contributed by atoms with Gasteiger partial charge in [-0.2, -0.15) is 0 Å². The molecular formula is C12H19FN2. The summed E-state index contributed by atoms with van der Waals surface area (Å²) in [4.78, 5) is 2.04. The lowest BCUT2D eigenvalue weighted by Crippen LogP contribution is -2.33. The summed E-state index contributed by atoms with van der Waals surface area (Å²) in [6.07, 6.45) is 0.881. The quantitative estimate of drug-likeness (QED) is 0.808. The van der Waals surface area contributed by atoms with Crippen LogP contribution in [0.2, 0.25) is 0 Å². The fourth-order valence-corrected chi connectivity index (χ4v) is 1.60. The van der Waals surface area contributed by atoms with Crippen molar-refractivity contribution in [2.24, 2.45) is 5.73 Å². The van der Waals surface area contributed by atoms with Crippen LogP contribution in [0.25, 0.3) is 0 Å². The van der Waals surface area contributed by atoms with Gasteiger partial charge in [-0.05, 0) is 38.9 Å². The summed E-state index contributed by atoms with van der Waals surface area (Å²) in [6, 6.07) is 7.16. The predicted molar refractivity (Wildman–Crippen MR) is 62.6 cm³/mol. The van der Waals surface area contributed by atoms with Crippen molar-refractivity contribution in [2.75, 3.05) is 18.0 Å². The van der Waals surface area contributed by atoms with Gasteiger partial charge in [-0.3, -0.25) is 0 Å². The lowest BCUT2D eigenvalue weighted by Gasteiger charge is -2.29. The van der Waals surface area contributed by atoms with Crippen LogP contribution in [-0.4, -0.2) is 19.1 Å². The zero-order valence-electron chi connectivity index (χ0n) is 9.41. The summed E-state index contributed by atoms with van der Waals surface area (Å²) in [7, 11) is 0. The van der Waals surface area contributed by atoms with E-state index in [1.807, 2.05) is 17.0 Å². The van der Waals surface area contributed by atoms with Crippen LogP contribution in [0, 0.1) is 5.82 Å². The number of anilines is 1. The van der Waals surface area contributed by atoms with Crippen molar-refractivity contribution in [2.45, 2.75) is 26.3 Å². The Labute approximate surface area is 90.9 Å². The second-order valence-corrected chi connectivity index (χ2v) is 3.88. The molecule has 0 saturated carbocycles. The highest BCUT2D eigenvalue weighted by molar-refractivity contribution is 5.48. The van der Waals surface area contributed by atoms with Gasteiger partial charge in [-0.25, -0.2) is 4.39 Å². The van der Waals surface area contributed by atoms with Gasteiger partial charge < -0.3 is 10.6 Å². The number of nitrogens with two attached hydrogens (primary N) is 1. The molecule has 0 aromatic heterocycles. The van der Waals surface area contributed by atoms with Gasteiger partial charge in [0.1, 0.15) is 5.82 Å². The van der Waals surface area contributed by atoms with Crippen molar-refractivity contribution in [3.05, 3.63) is 30.1 Å². The molecule has 0 heterocycles. The Balaban J connectivity index is 2.84. The summed E-state index contributed by atoms with van der Waals surface area (Å²) in [5, 5.41) is 0. The van der Waals surface area contributed by atoms with Gasteiger partial charge in [0.25, 0.3) is 0 Å². The van der Waals surface area contributed by atoms with Crippen molar-refractivity contribution in [1.29, 1.82) is 0 Å². The van der Waals surface area contributed by atoms with E-state index < -0.39 is 0 Å². The molecule has 84 valence electrons. The molecule has 3 heteroatoms. The number of nitrogens with zero attached hydrogens (tertiary/aromatic N) is 1. The maximum Gasteiger partial charge on any atom is 0.146 e. The van der Waals surface area contributed by atoms with Crippen LogP contribution in [0.5, 0.6) is 0 Å². The molecule has 0 aliphatic rings. The topological polar surface area (TPSA) is 29.3 Å². The first-order chi connectivity index (χ1) is 7.16. The van der Waals surface area contributed by atoms with E-state index in [2.05, 4.69) is 13.8 Å². The van der Waals surface area contributed by atoms with Crippen LogP contribution in [0.1, 0.15) is 20.3 Å². The van der Waals surface area contributed by atoms with Crippen LogP contribution in [0.4, 0.5) is 10.1 Å². The van der Waals surface area contributed by atoms with Crippen LogP contribution < -0.4 is 10.6 Å². The van der Waals surface area contributed by atoms with E-state index in [9.17, 15) is 4.39 Å². The first kappa shape index (κ1) is 12.0. The van der Waals surface area contributed by atoms with Crippen molar-refractivity contribution in [1.82, 2.24) is 0 Å². The van der Waals surface area contributed by atoms with Gasteiger partial charge in [0.15, 0.2) is 0 Å². The molecule has 2 nitrogen and oxygen atoms in total. The van der Waals surface area contributed by atoms with E-state index in [0.717, 1.165) is 13.0 Å². The second kappa shape index (κ2) is 5.71. The third-order valence-corrected chi connectivity index (χ3v) is 2.39. The van der Waals surface area contributed by atoms with Crippen LogP contribution in [0.15, 0.2) is 24.3 Å². The van der Waals surface area contributed by atoms with Gasteiger partial charge in [0, 0.05) is 12.6 Å². The number of benzene rings is 1. The van der Waals surface area contributed by atoms with Crippen molar-refractivity contribution >= 4 is 5.69 Å². The molecule has 0 aliphatic heterocycles. The van der Waals surface area contributed by atoms with E-state index in [1.54, 1.807) is 6.07 Å². The van der Waals surface area contributed by atoms with E-state index in [-0.39, 0.29) is 11.9 Å². The van der Waals surface area contributed by atoms with Crippen molar-refractivity contribution < 1.29 is 4.39 Å². The van der Waals surface area contributed by atoms with E-state index in [4.69, 9.17) is 5.73 Å². The number of hydrogen-bond acceptors (Lipinski definition) is 2. The third kappa shape index (κ3) is 3.20. The number of hydrogen-bond donors (Lipinski definition) is 1. The number of para-hydroxylation sites is 1. The summed E-state index contributed by atoms with van der Waals surface area (Å²) < 4.78 is 13.6. The smallest absolute Gasteiger partial charge is 0.146 e. The Kier molecular flexibility index (Phi) is 4.56. The molecule has 0 amide bonds.